The molecule has 28 heavy (non-hydrogen) atoms. The van der Waals surface area contributed by atoms with Gasteiger partial charge in [0.1, 0.15) is 23.1 Å². The maximum absolute atomic E-state index is 12.6. The summed E-state index contributed by atoms with van der Waals surface area (Å²) in [5, 5.41) is 6.23. The fourth-order valence-corrected chi connectivity index (χ4v) is 3.37. The first-order chi connectivity index (χ1) is 13.7. The number of hydrogen-bond donors (Lipinski definition) is 2. The van der Waals surface area contributed by atoms with Crippen molar-refractivity contribution in [1.29, 1.82) is 0 Å². The fourth-order valence-electron chi connectivity index (χ4n) is 3.37. The van der Waals surface area contributed by atoms with Gasteiger partial charge >= 0.3 is 0 Å². The number of aryl methyl sites for hydroxylation is 1. The number of hydrogen-bond acceptors (Lipinski definition) is 5. The van der Waals surface area contributed by atoms with Crippen molar-refractivity contribution in [2.45, 2.75) is 45.6 Å². The molecule has 1 aromatic heterocycles. The van der Waals surface area contributed by atoms with Gasteiger partial charge in [0.2, 0.25) is 0 Å². The molecule has 0 radical (unpaired) electrons. The second-order valence-electron chi connectivity index (χ2n) is 6.97. The molecule has 1 aromatic carbocycles. The number of carbonyl (C=O) groups is 1. The minimum atomic E-state index is -0.227. The van der Waals surface area contributed by atoms with Gasteiger partial charge in [-0.15, -0.1) is 0 Å². The molecule has 0 saturated heterocycles. The second-order valence-corrected chi connectivity index (χ2v) is 6.97. The Morgan fingerprint density at radius 1 is 1.21 bits per heavy atom. The van der Waals surface area contributed by atoms with Gasteiger partial charge in [0, 0.05) is 24.7 Å². The Morgan fingerprint density at radius 3 is 2.86 bits per heavy atom. The van der Waals surface area contributed by atoms with Crippen molar-refractivity contribution in [3.05, 3.63) is 59.1 Å². The first-order valence-electron chi connectivity index (χ1n) is 9.83. The Labute approximate surface area is 166 Å². The number of rotatable bonds is 8. The van der Waals surface area contributed by atoms with Gasteiger partial charge in [-0.2, -0.15) is 0 Å². The molecule has 6 heteroatoms. The zero-order valence-corrected chi connectivity index (χ0v) is 16.6. The van der Waals surface area contributed by atoms with Crippen LogP contribution >= 0.6 is 0 Å². The Kier molecular flexibility index (Phi) is 7.00. The van der Waals surface area contributed by atoms with E-state index in [0.717, 1.165) is 24.3 Å². The lowest BCUT2D eigenvalue weighted by Gasteiger charge is -2.14. The summed E-state index contributed by atoms with van der Waals surface area (Å²) >= 11 is 0. The normalized spacial score (nSPS) is 13.6. The first-order valence-corrected chi connectivity index (χ1v) is 9.83. The van der Waals surface area contributed by atoms with E-state index in [1.54, 1.807) is 20.1 Å². The van der Waals surface area contributed by atoms with Gasteiger partial charge in [0.15, 0.2) is 0 Å². The number of carbonyl (C=O) groups excluding carboxylic acids is 1. The van der Waals surface area contributed by atoms with E-state index in [1.807, 2.05) is 24.3 Å². The van der Waals surface area contributed by atoms with Crippen molar-refractivity contribution in [1.82, 2.24) is 15.3 Å². The number of allylic oxidation sites excluding steroid dienone is 1. The number of aromatic nitrogens is 2. The van der Waals surface area contributed by atoms with E-state index in [0.29, 0.717) is 23.9 Å². The summed E-state index contributed by atoms with van der Waals surface area (Å²) in [6.45, 7) is 2.99. The highest BCUT2D eigenvalue weighted by Gasteiger charge is 2.12. The number of anilines is 1. The Balaban J connectivity index is 1.58. The molecule has 1 aliphatic rings. The van der Waals surface area contributed by atoms with Crippen LogP contribution in [0.5, 0.6) is 5.75 Å². The van der Waals surface area contributed by atoms with E-state index in [2.05, 4.69) is 26.7 Å². The number of benzene rings is 1. The molecule has 1 amide bonds. The predicted molar refractivity (Wildman–Crippen MR) is 111 cm³/mol. The van der Waals surface area contributed by atoms with Crippen LogP contribution in [-0.4, -0.2) is 29.5 Å². The molecule has 1 aliphatic carbocycles. The molecule has 148 valence electrons. The molecular weight excluding hydrogens is 352 g/mol. The largest absolute Gasteiger partial charge is 0.496 e. The zero-order valence-electron chi connectivity index (χ0n) is 16.6. The van der Waals surface area contributed by atoms with Crippen molar-refractivity contribution >= 4 is 11.7 Å². The molecule has 0 spiro atoms. The average Bonchev–Trinajstić information content (AvgIpc) is 2.72. The molecule has 0 fully saturated rings. The van der Waals surface area contributed by atoms with Crippen LogP contribution in [0.4, 0.5) is 5.82 Å². The van der Waals surface area contributed by atoms with Crippen LogP contribution in [0.25, 0.3) is 0 Å². The summed E-state index contributed by atoms with van der Waals surface area (Å²) in [5.74, 6) is 1.78. The average molecular weight is 380 g/mol. The smallest absolute Gasteiger partial charge is 0.270 e. The van der Waals surface area contributed by atoms with Gasteiger partial charge in [0.25, 0.3) is 5.91 Å². The number of nitrogens with zero attached hydrogens (tertiary/aromatic N) is 2. The molecule has 2 aromatic rings. The highest BCUT2D eigenvalue weighted by atomic mass is 16.5. The van der Waals surface area contributed by atoms with Crippen LogP contribution in [-0.2, 0) is 6.54 Å². The van der Waals surface area contributed by atoms with E-state index < -0.39 is 0 Å². The summed E-state index contributed by atoms with van der Waals surface area (Å²) in [4.78, 5) is 21.2. The van der Waals surface area contributed by atoms with Gasteiger partial charge in [-0.05, 0) is 45.1 Å². The maximum atomic E-state index is 12.6. The molecular formula is C22H28N4O2. The van der Waals surface area contributed by atoms with Crippen molar-refractivity contribution in [3.8, 4) is 5.75 Å². The lowest BCUT2D eigenvalue weighted by molar-refractivity contribution is 0.0945. The van der Waals surface area contributed by atoms with Crippen LogP contribution in [0.1, 0.15) is 54.0 Å². The monoisotopic (exact) mass is 380 g/mol. The van der Waals surface area contributed by atoms with E-state index in [4.69, 9.17) is 4.74 Å². The van der Waals surface area contributed by atoms with E-state index in [9.17, 15) is 4.79 Å². The minimum absolute atomic E-state index is 0.227. The van der Waals surface area contributed by atoms with Crippen LogP contribution in [0, 0.1) is 6.92 Å². The van der Waals surface area contributed by atoms with Crippen molar-refractivity contribution in [2.75, 3.05) is 19.0 Å². The number of amides is 1. The van der Waals surface area contributed by atoms with Crippen LogP contribution < -0.4 is 15.4 Å². The van der Waals surface area contributed by atoms with Gasteiger partial charge in [-0.25, -0.2) is 9.97 Å². The first kappa shape index (κ1) is 19.9. The van der Waals surface area contributed by atoms with Crippen molar-refractivity contribution in [3.63, 3.8) is 0 Å². The summed E-state index contributed by atoms with van der Waals surface area (Å²) in [6, 6.07) is 9.33. The quantitative estimate of drug-likeness (QED) is 0.676. The predicted octanol–water partition coefficient (Wildman–Crippen LogP) is 4.03. The number of ether oxygens (including phenoxy) is 1. The van der Waals surface area contributed by atoms with Crippen LogP contribution in [0.2, 0.25) is 0 Å². The maximum Gasteiger partial charge on any atom is 0.270 e. The summed E-state index contributed by atoms with van der Waals surface area (Å²) < 4.78 is 5.32. The number of para-hydroxylation sites is 1. The summed E-state index contributed by atoms with van der Waals surface area (Å²) in [6.07, 6.45) is 8.34. The highest BCUT2D eigenvalue weighted by Crippen LogP contribution is 2.20. The van der Waals surface area contributed by atoms with Gasteiger partial charge in [-0.1, -0.05) is 29.8 Å². The molecule has 0 bridgehead atoms. The Bertz CT molecular complexity index is 848. The highest BCUT2D eigenvalue weighted by molar-refractivity contribution is 5.92. The Hall–Kier alpha value is -2.89. The van der Waals surface area contributed by atoms with E-state index in [-0.39, 0.29) is 5.91 Å². The summed E-state index contributed by atoms with van der Waals surface area (Å²) in [5.41, 5.74) is 2.80. The topological polar surface area (TPSA) is 76.1 Å². The molecule has 2 N–H and O–H groups in total. The van der Waals surface area contributed by atoms with E-state index >= 15 is 0 Å². The van der Waals surface area contributed by atoms with E-state index in [1.165, 1.54) is 31.3 Å². The van der Waals surface area contributed by atoms with Crippen molar-refractivity contribution in [2.24, 2.45) is 0 Å². The zero-order chi connectivity index (χ0) is 19.8. The lowest BCUT2D eigenvalue weighted by atomic mass is 9.97. The third-order valence-corrected chi connectivity index (χ3v) is 4.84. The second kappa shape index (κ2) is 9.88. The molecule has 0 atom stereocenters. The van der Waals surface area contributed by atoms with Crippen LogP contribution in [0.3, 0.4) is 0 Å². The minimum Gasteiger partial charge on any atom is -0.496 e. The van der Waals surface area contributed by atoms with Crippen molar-refractivity contribution < 1.29 is 9.53 Å². The lowest BCUT2D eigenvalue weighted by Crippen LogP contribution is -2.24. The molecule has 0 aliphatic heterocycles. The van der Waals surface area contributed by atoms with Gasteiger partial charge in [-0.3, -0.25) is 4.79 Å². The van der Waals surface area contributed by atoms with Gasteiger partial charge < -0.3 is 15.4 Å². The Morgan fingerprint density at radius 2 is 2.07 bits per heavy atom. The molecule has 6 nitrogen and oxygen atoms in total. The van der Waals surface area contributed by atoms with Gasteiger partial charge in [0.05, 0.1) is 7.11 Å². The third-order valence-electron chi connectivity index (χ3n) is 4.84. The summed E-state index contributed by atoms with van der Waals surface area (Å²) in [7, 11) is 1.62. The fraction of sp³-hybridized carbons (Fsp3) is 0.409. The number of methoxy groups -OCH3 is 1. The number of nitrogens with one attached hydrogen (secondary N) is 2. The molecule has 1 heterocycles. The SMILES string of the molecule is COc1ccccc1CNC(=O)c1cc(NCCC2=CCCCC2)nc(C)n1. The molecule has 0 unspecified atom stereocenters. The molecule has 3 rings (SSSR count). The van der Waals surface area contributed by atoms with Crippen LogP contribution in [0.15, 0.2) is 42.0 Å². The molecule has 0 saturated carbocycles. The standard InChI is InChI=1S/C22H28N4O2/c1-16-25-19(22(27)24-15-18-10-6-7-11-20(18)28-2)14-21(26-16)23-13-12-17-8-4-3-5-9-17/h6-8,10-11,14H,3-5,9,12-13,15H2,1-2H3,(H,24,27)(H,23,25,26). The third kappa shape index (κ3) is 5.55.